The molecule has 0 aliphatic rings. The Kier molecular flexibility index (Phi) is 3.92. The molecule has 0 amide bonds. The highest BCUT2D eigenvalue weighted by molar-refractivity contribution is 5.91. The molecular weight excluding hydrogens is 190 g/mol. The molecule has 0 spiro atoms. The summed E-state index contributed by atoms with van der Waals surface area (Å²) < 4.78 is 0. The summed E-state index contributed by atoms with van der Waals surface area (Å²) in [4.78, 5) is 16.4. The topological polar surface area (TPSA) is 38.3 Å². The minimum absolute atomic E-state index is 0.0848. The van der Waals surface area contributed by atoms with E-state index in [1.807, 2.05) is 44.2 Å². The standard InChI is InChI=1S/C12H15NO2/c1-9(2)12(10(3)14)15-13-11-7-5-4-6-8-11/h4-8,13H,1-3H3. The Morgan fingerprint density at radius 3 is 2.20 bits per heavy atom. The number of hydrogen-bond acceptors (Lipinski definition) is 3. The number of hydrogen-bond donors (Lipinski definition) is 1. The van der Waals surface area contributed by atoms with Gasteiger partial charge < -0.3 is 4.84 Å². The van der Waals surface area contributed by atoms with Crippen LogP contribution in [0.25, 0.3) is 0 Å². The summed E-state index contributed by atoms with van der Waals surface area (Å²) in [6.07, 6.45) is 0. The van der Waals surface area contributed by atoms with E-state index in [2.05, 4.69) is 5.48 Å². The van der Waals surface area contributed by atoms with E-state index in [9.17, 15) is 4.79 Å². The molecule has 15 heavy (non-hydrogen) atoms. The summed E-state index contributed by atoms with van der Waals surface area (Å²) in [6.45, 7) is 5.15. The molecule has 0 bridgehead atoms. The van der Waals surface area contributed by atoms with Gasteiger partial charge in [-0.2, -0.15) is 0 Å². The first-order valence-electron chi connectivity index (χ1n) is 4.77. The number of Topliss-reactive ketones (excluding diaryl/α,β-unsaturated/α-hetero) is 1. The fourth-order valence-electron chi connectivity index (χ4n) is 1.14. The van der Waals surface area contributed by atoms with Crippen LogP contribution in [0.2, 0.25) is 0 Å². The quantitative estimate of drug-likeness (QED) is 0.466. The lowest BCUT2D eigenvalue weighted by Gasteiger charge is -2.10. The van der Waals surface area contributed by atoms with Crippen LogP contribution in [0.5, 0.6) is 0 Å². The molecule has 0 heterocycles. The molecule has 1 aromatic rings. The average Bonchev–Trinajstić information content (AvgIpc) is 2.18. The summed E-state index contributed by atoms with van der Waals surface area (Å²) >= 11 is 0. The van der Waals surface area contributed by atoms with Crippen LogP contribution in [0.1, 0.15) is 20.8 Å². The molecule has 0 saturated heterocycles. The van der Waals surface area contributed by atoms with Gasteiger partial charge in [-0.05, 0) is 31.6 Å². The van der Waals surface area contributed by atoms with Gasteiger partial charge in [0.25, 0.3) is 0 Å². The summed E-state index contributed by atoms with van der Waals surface area (Å²) in [6, 6.07) is 9.42. The number of anilines is 1. The van der Waals surface area contributed by atoms with Crippen molar-refractivity contribution in [1.82, 2.24) is 0 Å². The van der Waals surface area contributed by atoms with E-state index in [0.29, 0.717) is 5.76 Å². The van der Waals surface area contributed by atoms with Gasteiger partial charge in [-0.25, -0.2) is 5.48 Å². The Balaban J connectivity index is 2.64. The SMILES string of the molecule is CC(=O)C(ONc1ccccc1)=C(C)C. The second-order valence-corrected chi connectivity index (χ2v) is 3.46. The van der Waals surface area contributed by atoms with E-state index in [4.69, 9.17) is 4.84 Å². The van der Waals surface area contributed by atoms with Gasteiger partial charge in [-0.3, -0.25) is 4.79 Å². The van der Waals surface area contributed by atoms with E-state index in [0.717, 1.165) is 11.3 Å². The minimum atomic E-state index is -0.0848. The van der Waals surface area contributed by atoms with Crippen molar-refractivity contribution in [3.63, 3.8) is 0 Å². The molecule has 1 rings (SSSR count). The van der Waals surface area contributed by atoms with Crippen LogP contribution >= 0.6 is 0 Å². The molecule has 0 fully saturated rings. The fraction of sp³-hybridized carbons (Fsp3) is 0.250. The molecular formula is C12H15NO2. The van der Waals surface area contributed by atoms with Crippen molar-refractivity contribution in [1.29, 1.82) is 0 Å². The summed E-state index contributed by atoms with van der Waals surface area (Å²) in [5, 5.41) is 0. The van der Waals surface area contributed by atoms with Gasteiger partial charge in [0, 0.05) is 6.92 Å². The van der Waals surface area contributed by atoms with Crippen LogP contribution in [0.3, 0.4) is 0 Å². The van der Waals surface area contributed by atoms with Crippen LogP contribution in [0.4, 0.5) is 5.69 Å². The van der Waals surface area contributed by atoms with Gasteiger partial charge in [-0.1, -0.05) is 18.2 Å². The van der Waals surface area contributed by atoms with Gasteiger partial charge in [-0.15, -0.1) is 0 Å². The van der Waals surface area contributed by atoms with E-state index in [-0.39, 0.29) is 5.78 Å². The van der Waals surface area contributed by atoms with Crippen molar-refractivity contribution < 1.29 is 9.63 Å². The van der Waals surface area contributed by atoms with E-state index >= 15 is 0 Å². The maximum absolute atomic E-state index is 11.2. The first-order chi connectivity index (χ1) is 7.11. The molecule has 0 unspecified atom stereocenters. The first-order valence-corrected chi connectivity index (χ1v) is 4.77. The third-order valence-electron chi connectivity index (χ3n) is 1.82. The van der Waals surface area contributed by atoms with Crippen molar-refractivity contribution in [3.8, 4) is 0 Å². The number of carbonyl (C=O) groups is 1. The Bertz CT molecular complexity index is 364. The Labute approximate surface area is 89.7 Å². The molecule has 80 valence electrons. The number of benzene rings is 1. The lowest BCUT2D eigenvalue weighted by molar-refractivity contribution is -0.116. The molecule has 1 N–H and O–H groups in total. The van der Waals surface area contributed by atoms with Crippen molar-refractivity contribution in [2.45, 2.75) is 20.8 Å². The maximum atomic E-state index is 11.2. The maximum Gasteiger partial charge on any atom is 0.197 e. The van der Waals surface area contributed by atoms with Crippen LogP contribution in [0, 0.1) is 0 Å². The van der Waals surface area contributed by atoms with Crippen molar-refractivity contribution in [2.24, 2.45) is 0 Å². The van der Waals surface area contributed by atoms with Crippen molar-refractivity contribution >= 4 is 11.5 Å². The van der Waals surface area contributed by atoms with E-state index in [1.165, 1.54) is 6.92 Å². The monoisotopic (exact) mass is 205 g/mol. The predicted octanol–water partition coefficient (Wildman–Crippen LogP) is 2.91. The number of allylic oxidation sites excluding steroid dienone is 2. The molecule has 3 nitrogen and oxygen atoms in total. The zero-order valence-electron chi connectivity index (χ0n) is 9.20. The zero-order chi connectivity index (χ0) is 11.3. The highest BCUT2D eigenvalue weighted by Gasteiger charge is 2.07. The highest BCUT2D eigenvalue weighted by atomic mass is 16.7. The number of ketones is 1. The second-order valence-electron chi connectivity index (χ2n) is 3.46. The molecule has 0 atom stereocenters. The first kappa shape index (κ1) is 11.3. The van der Waals surface area contributed by atoms with Crippen molar-refractivity contribution in [3.05, 3.63) is 41.7 Å². The van der Waals surface area contributed by atoms with Gasteiger partial charge in [0.1, 0.15) is 0 Å². The van der Waals surface area contributed by atoms with E-state index < -0.39 is 0 Å². The van der Waals surface area contributed by atoms with Crippen LogP contribution in [-0.2, 0) is 9.63 Å². The lowest BCUT2D eigenvalue weighted by Crippen LogP contribution is -2.09. The average molecular weight is 205 g/mol. The number of nitrogens with one attached hydrogen (secondary N) is 1. The molecule has 0 saturated carbocycles. The highest BCUT2D eigenvalue weighted by Crippen LogP contribution is 2.10. The molecule has 0 aliphatic heterocycles. The molecule has 1 aromatic carbocycles. The van der Waals surface area contributed by atoms with Gasteiger partial charge in [0.15, 0.2) is 11.5 Å². The Morgan fingerprint density at radius 1 is 1.13 bits per heavy atom. The Hall–Kier alpha value is -1.77. The summed E-state index contributed by atoms with van der Waals surface area (Å²) in [5.74, 6) is 0.275. The summed E-state index contributed by atoms with van der Waals surface area (Å²) in [7, 11) is 0. The van der Waals surface area contributed by atoms with Gasteiger partial charge in [0.05, 0.1) is 5.69 Å². The van der Waals surface area contributed by atoms with Gasteiger partial charge >= 0.3 is 0 Å². The predicted molar refractivity (Wildman–Crippen MR) is 60.2 cm³/mol. The largest absolute Gasteiger partial charge is 0.378 e. The zero-order valence-corrected chi connectivity index (χ0v) is 9.20. The Morgan fingerprint density at radius 2 is 1.73 bits per heavy atom. The molecule has 3 heteroatoms. The fourth-order valence-corrected chi connectivity index (χ4v) is 1.14. The van der Waals surface area contributed by atoms with Gasteiger partial charge in [0.2, 0.25) is 0 Å². The molecule has 0 radical (unpaired) electrons. The third-order valence-corrected chi connectivity index (χ3v) is 1.82. The lowest BCUT2D eigenvalue weighted by atomic mass is 10.2. The summed E-state index contributed by atoms with van der Waals surface area (Å²) in [5.41, 5.74) is 4.40. The van der Waals surface area contributed by atoms with E-state index in [1.54, 1.807) is 0 Å². The van der Waals surface area contributed by atoms with Crippen LogP contribution < -0.4 is 5.48 Å². The van der Waals surface area contributed by atoms with Crippen molar-refractivity contribution in [2.75, 3.05) is 5.48 Å². The van der Waals surface area contributed by atoms with Crippen LogP contribution in [-0.4, -0.2) is 5.78 Å². The molecule has 0 aliphatic carbocycles. The number of rotatable bonds is 4. The normalized spacial score (nSPS) is 9.27. The van der Waals surface area contributed by atoms with Crippen LogP contribution in [0.15, 0.2) is 41.7 Å². The smallest absolute Gasteiger partial charge is 0.197 e. The second kappa shape index (κ2) is 5.20. The number of carbonyl (C=O) groups excluding carboxylic acids is 1. The minimum Gasteiger partial charge on any atom is -0.378 e. The third kappa shape index (κ3) is 3.46. The molecule has 0 aromatic heterocycles. The number of para-hydroxylation sites is 1.